The van der Waals surface area contributed by atoms with Gasteiger partial charge in [-0.25, -0.2) is 9.67 Å². The molecule has 0 fully saturated rings. The Bertz CT molecular complexity index is 332. The molecule has 3 N–H and O–H groups in total. The summed E-state index contributed by atoms with van der Waals surface area (Å²) in [6, 6.07) is 0.280. The molecule has 0 aliphatic carbocycles. The largest absolute Gasteiger partial charge is 0.271 e. The average Bonchev–Trinajstić information content (AvgIpc) is 2.70. The summed E-state index contributed by atoms with van der Waals surface area (Å²) in [6.45, 7) is 9.74. The smallest absolute Gasteiger partial charge is 0.138 e. The normalized spacial score (nSPS) is 13.5. The van der Waals surface area contributed by atoms with Crippen LogP contribution in [0.1, 0.15) is 46.4 Å². The molecule has 1 atom stereocenters. The minimum absolute atomic E-state index is 0.280. The van der Waals surface area contributed by atoms with Gasteiger partial charge in [-0.2, -0.15) is 5.10 Å². The first-order chi connectivity index (χ1) is 8.52. The van der Waals surface area contributed by atoms with Crippen molar-refractivity contribution >= 4 is 0 Å². The minimum Gasteiger partial charge on any atom is -0.271 e. The van der Waals surface area contributed by atoms with Crippen molar-refractivity contribution in [1.82, 2.24) is 20.2 Å². The number of rotatable bonds is 8. The standard InChI is InChI=1S/C13H27N5/c1-10(2)5-6-12(17-14)7-13-15-9-16-18(13)8-11(3)4/h9-12,17H,5-8,14H2,1-4H3. The highest BCUT2D eigenvalue weighted by molar-refractivity contribution is 4.89. The van der Waals surface area contributed by atoms with Crippen LogP contribution in [0.25, 0.3) is 0 Å². The minimum atomic E-state index is 0.280. The van der Waals surface area contributed by atoms with Gasteiger partial charge in [0.05, 0.1) is 0 Å². The number of nitrogens with two attached hydrogens (primary N) is 1. The molecule has 1 heterocycles. The molecule has 0 bridgehead atoms. The maximum atomic E-state index is 5.62. The van der Waals surface area contributed by atoms with Crippen molar-refractivity contribution in [2.45, 2.75) is 59.5 Å². The quantitative estimate of drug-likeness (QED) is 0.547. The highest BCUT2D eigenvalue weighted by Crippen LogP contribution is 2.10. The number of hydrazine groups is 1. The maximum absolute atomic E-state index is 5.62. The maximum Gasteiger partial charge on any atom is 0.138 e. The van der Waals surface area contributed by atoms with E-state index in [9.17, 15) is 0 Å². The highest BCUT2D eigenvalue weighted by atomic mass is 15.3. The number of aromatic nitrogens is 3. The topological polar surface area (TPSA) is 68.8 Å². The zero-order valence-corrected chi connectivity index (χ0v) is 12.1. The lowest BCUT2D eigenvalue weighted by molar-refractivity contribution is 0.407. The molecule has 0 saturated carbocycles. The summed E-state index contributed by atoms with van der Waals surface area (Å²) < 4.78 is 1.99. The summed E-state index contributed by atoms with van der Waals surface area (Å²) in [5, 5.41) is 4.28. The lowest BCUT2D eigenvalue weighted by Crippen LogP contribution is -2.37. The Hall–Kier alpha value is -0.940. The summed E-state index contributed by atoms with van der Waals surface area (Å²) in [4.78, 5) is 4.34. The Balaban J connectivity index is 2.55. The fraction of sp³-hybridized carbons (Fsp3) is 0.846. The third kappa shape index (κ3) is 5.14. The van der Waals surface area contributed by atoms with E-state index in [1.54, 1.807) is 6.33 Å². The predicted molar refractivity (Wildman–Crippen MR) is 73.7 cm³/mol. The summed E-state index contributed by atoms with van der Waals surface area (Å²) >= 11 is 0. The van der Waals surface area contributed by atoms with Crippen molar-refractivity contribution in [2.24, 2.45) is 17.7 Å². The van der Waals surface area contributed by atoms with Crippen molar-refractivity contribution in [3.63, 3.8) is 0 Å². The Morgan fingerprint density at radius 3 is 2.50 bits per heavy atom. The molecule has 1 aromatic rings. The molecule has 5 nitrogen and oxygen atoms in total. The summed E-state index contributed by atoms with van der Waals surface area (Å²) in [5.41, 5.74) is 2.90. The van der Waals surface area contributed by atoms with E-state index in [0.29, 0.717) is 11.8 Å². The van der Waals surface area contributed by atoms with Gasteiger partial charge in [0.1, 0.15) is 12.2 Å². The molecule has 0 aromatic carbocycles. The van der Waals surface area contributed by atoms with Gasteiger partial charge in [-0.05, 0) is 24.7 Å². The van der Waals surface area contributed by atoms with E-state index < -0.39 is 0 Å². The second kappa shape index (κ2) is 7.48. The summed E-state index contributed by atoms with van der Waals surface area (Å²) in [6.07, 6.45) is 4.72. The number of nitrogens with one attached hydrogen (secondary N) is 1. The van der Waals surface area contributed by atoms with Crippen LogP contribution in [0.5, 0.6) is 0 Å². The molecule has 1 aromatic heterocycles. The van der Waals surface area contributed by atoms with Crippen LogP contribution in [0, 0.1) is 11.8 Å². The van der Waals surface area contributed by atoms with E-state index in [0.717, 1.165) is 25.2 Å². The van der Waals surface area contributed by atoms with Gasteiger partial charge in [0, 0.05) is 19.0 Å². The van der Waals surface area contributed by atoms with Crippen molar-refractivity contribution in [1.29, 1.82) is 0 Å². The van der Waals surface area contributed by atoms with E-state index >= 15 is 0 Å². The fourth-order valence-electron chi connectivity index (χ4n) is 1.94. The lowest BCUT2D eigenvalue weighted by Gasteiger charge is -2.17. The van der Waals surface area contributed by atoms with Gasteiger partial charge in [0.25, 0.3) is 0 Å². The summed E-state index contributed by atoms with van der Waals surface area (Å²) in [7, 11) is 0. The highest BCUT2D eigenvalue weighted by Gasteiger charge is 2.13. The van der Waals surface area contributed by atoms with Gasteiger partial charge in [0.2, 0.25) is 0 Å². The van der Waals surface area contributed by atoms with Crippen molar-refractivity contribution in [3.05, 3.63) is 12.2 Å². The first-order valence-corrected chi connectivity index (χ1v) is 6.85. The Morgan fingerprint density at radius 2 is 1.94 bits per heavy atom. The third-order valence-corrected chi connectivity index (χ3v) is 2.99. The van der Waals surface area contributed by atoms with Crippen LogP contribution in [0.4, 0.5) is 0 Å². The van der Waals surface area contributed by atoms with E-state index in [2.05, 4.69) is 43.2 Å². The number of hydrogen-bond donors (Lipinski definition) is 2. The van der Waals surface area contributed by atoms with Crippen molar-refractivity contribution in [2.75, 3.05) is 0 Å². The van der Waals surface area contributed by atoms with Crippen LogP contribution >= 0.6 is 0 Å². The van der Waals surface area contributed by atoms with Crippen molar-refractivity contribution < 1.29 is 0 Å². The molecule has 5 heteroatoms. The van der Waals surface area contributed by atoms with Crippen LogP contribution in [0.3, 0.4) is 0 Å². The molecule has 0 aliphatic heterocycles. The zero-order valence-electron chi connectivity index (χ0n) is 12.1. The van der Waals surface area contributed by atoms with Crippen LogP contribution in [0.2, 0.25) is 0 Å². The molecule has 0 amide bonds. The molecule has 1 unspecified atom stereocenters. The molecule has 1 rings (SSSR count). The van der Waals surface area contributed by atoms with E-state index in [4.69, 9.17) is 5.84 Å². The monoisotopic (exact) mass is 253 g/mol. The van der Waals surface area contributed by atoms with Crippen LogP contribution < -0.4 is 11.3 Å². The fourth-order valence-corrected chi connectivity index (χ4v) is 1.94. The molecule has 0 spiro atoms. The van der Waals surface area contributed by atoms with Gasteiger partial charge in [-0.15, -0.1) is 0 Å². The van der Waals surface area contributed by atoms with Gasteiger partial charge >= 0.3 is 0 Å². The summed E-state index contributed by atoms with van der Waals surface area (Å²) in [5.74, 6) is 7.92. The molecule has 104 valence electrons. The molecule has 0 radical (unpaired) electrons. The first-order valence-electron chi connectivity index (χ1n) is 6.85. The predicted octanol–water partition coefficient (Wildman–Crippen LogP) is 1.74. The molecular formula is C13H27N5. The molecule has 0 aliphatic rings. The first kappa shape index (κ1) is 15.1. The molecular weight excluding hydrogens is 226 g/mol. The van der Waals surface area contributed by atoms with Crippen LogP contribution in [0.15, 0.2) is 6.33 Å². The SMILES string of the molecule is CC(C)CCC(Cc1ncnn1CC(C)C)NN. The van der Waals surface area contributed by atoms with Gasteiger partial charge < -0.3 is 0 Å². The Morgan fingerprint density at radius 1 is 1.22 bits per heavy atom. The number of nitrogens with zero attached hydrogens (tertiary/aromatic N) is 3. The Labute approximate surface area is 110 Å². The van der Waals surface area contributed by atoms with Crippen LogP contribution in [-0.2, 0) is 13.0 Å². The van der Waals surface area contributed by atoms with Crippen LogP contribution in [-0.4, -0.2) is 20.8 Å². The van der Waals surface area contributed by atoms with Gasteiger partial charge in [-0.3, -0.25) is 11.3 Å². The number of hydrogen-bond acceptors (Lipinski definition) is 4. The third-order valence-electron chi connectivity index (χ3n) is 2.99. The van der Waals surface area contributed by atoms with Gasteiger partial charge in [0.15, 0.2) is 0 Å². The van der Waals surface area contributed by atoms with Crippen molar-refractivity contribution in [3.8, 4) is 0 Å². The van der Waals surface area contributed by atoms with E-state index in [1.165, 1.54) is 6.42 Å². The van der Waals surface area contributed by atoms with E-state index in [1.807, 2.05) is 4.68 Å². The average molecular weight is 253 g/mol. The zero-order chi connectivity index (χ0) is 13.5. The molecule has 0 saturated heterocycles. The van der Waals surface area contributed by atoms with E-state index in [-0.39, 0.29) is 6.04 Å². The van der Waals surface area contributed by atoms with Gasteiger partial charge in [-0.1, -0.05) is 27.7 Å². The lowest BCUT2D eigenvalue weighted by atomic mass is 10.0. The second-order valence-electron chi connectivity index (χ2n) is 5.79. The second-order valence-corrected chi connectivity index (χ2v) is 5.79. The Kier molecular flexibility index (Phi) is 6.29. The molecule has 18 heavy (non-hydrogen) atoms.